The minimum absolute atomic E-state index is 0.738. The van der Waals surface area contributed by atoms with Crippen LogP contribution in [0.3, 0.4) is 0 Å². The van der Waals surface area contributed by atoms with Gasteiger partial charge in [-0.2, -0.15) is 0 Å². The fourth-order valence-corrected chi connectivity index (χ4v) is 1.63. The average molecular weight is 233 g/mol. The number of rotatable bonds is 3. The molecule has 3 N–H and O–H groups in total. The van der Waals surface area contributed by atoms with Crippen molar-refractivity contribution in [3.05, 3.63) is 59.1 Å². The highest BCUT2D eigenvalue weighted by atomic mass is 35.5. The Bertz CT molecular complexity index is 466. The van der Waals surface area contributed by atoms with E-state index in [2.05, 4.69) is 5.32 Å². The lowest BCUT2D eigenvalue weighted by molar-refractivity contribution is 1.15. The van der Waals surface area contributed by atoms with Gasteiger partial charge in [0.25, 0.3) is 0 Å². The molecule has 0 saturated heterocycles. The van der Waals surface area contributed by atoms with Crippen molar-refractivity contribution in [3.8, 4) is 0 Å². The van der Waals surface area contributed by atoms with E-state index in [0.29, 0.717) is 0 Å². The smallest absolute Gasteiger partial charge is 0.0426 e. The molecule has 0 amide bonds. The molecule has 3 heteroatoms. The number of nitrogen functional groups attached to an aromatic ring is 1. The quantitative estimate of drug-likeness (QED) is 0.795. The molecule has 0 spiro atoms. The molecule has 0 radical (unpaired) electrons. The first-order valence-corrected chi connectivity index (χ1v) is 5.46. The number of hydrogen-bond donors (Lipinski definition) is 2. The van der Waals surface area contributed by atoms with E-state index in [1.54, 1.807) is 0 Å². The first-order chi connectivity index (χ1) is 7.74. The zero-order valence-corrected chi connectivity index (χ0v) is 9.54. The molecule has 0 heterocycles. The standard InChI is InChI=1S/C13H13ClN2/c14-11-2-1-3-13(8-11)16-9-10-4-6-12(15)7-5-10/h1-8,16H,9,15H2. The fourth-order valence-electron chi connectivity index (χ4n) is 1.44. The molecular formula is C13H13ClN2. The van der Waals surface area contributed by atoms with Crippen LogP contribution in [-0.4, -0.2) is 0 Å². The van der Waals surface area contributed by atoms with E-state index in [9.17, 15) is 0 Å². The summed E-state index contributed by atoms with van der Waals surface area (Å²) >= 11 is 5.89. The third-order valence-electron chi connectivity index (χ3n) is 2.30. The minimum Gasteiger partial charge on any atom is -0.399 e. The van der Waals surface area contributed by atoms with E-state index < -0.39 is 0 Å². The van der Waals surface area contributed by atoms with E-state index in [-0.39, 0.29) is 0 Å². The van der Waals surface area contributed by atoms with E-state index in [4.69, 9.17) is 17.3 Å². The molecule has 0 aliphatic heterocycles. The molecule has 0 fully saturated rings. The highest BCUT2D eigenvalue weighted by Crippen LogP contribution is 2.16. The SMILES string of the molecule is Nc1ccc(CNc2cccc(Cl)c2)cc1. The van der Waals surface area contributed by atoms with Gasteiger partial charge in [0.15, 0.2) is 0 Å². The summed E-state index contributed by atoms with van der Waals surface area (Å²) < 4.78 is 0. The largest absolute Gasteiger partial charge is 0.399 e. The van der Waals surface area contributed by atoms with E-state index >= 15 is 0 Å². The maximum Gasteiger partial charge on any atom is 0.0426 e. The summed E-state index contributed by atoms with van der Waals surface area (Å²) in [5.41, 5.74) is 8.61. The predicted octanol–water partition coefficient (Wildman–Crippen LogP) is 3.53. The molecule has 16 heavy (non-hydrogen) atoms. The van der Waals surface area contributed by atoms with Crippen molar-refractivity contribution in [2.45, 2.75) is 6.54 Å². The summed E-state index contributed by atoms with van der Waals surface area (Å²) in [6, 6.07) is 15.5. The first kappa shape index (κ1) is 10.8. The van der Waals surface area contributed by atoms with Gasteiger partial charge >= 0.3 is 0 Å². The summed E-state index contributed by atoms with van der Waals surface area (Å²) in [7, 11) is 0. The Morgan fingerprint density at radius 2 is 1.81 bits per heavy atom. The molecule has 0 saturated carbocycles. The van der Waals surface area contributed by atoms with Crippen LogP contribution in [0.5, 0.6) is 0 Å². The molecule has 0 aliphatic rings. The van der Waals surface area contributed by atoms with E-state index in [1.165, 1.54) is 5.56 Å². The van der Waals surface area contributed by atoms with Crippen molar-refractivity contribution in [3.63, 3.8) is 0 Å². The van der Waals surface area contributed by atoms with Gasteiger partial charge in [0.2, 0.25) is 0 Å². The van der Waals surface area contributed by atoms with Crippen LogP contribution in [0.25, 0.3) is 0 Å². The molecule has 2 aromatic carbocycles. The van der Waals surface area contributed by atoms with Crippen LogP contribution < -0.4 is 11.1 Å². The molecule has 2 nitrogen and oxygen atoms in total. The van der Waals surface area contributed by atoms with Crippen LogP contribution in [0.2, 0.25) is 5.02 Å². The third kappa shape index (κ3) is 2.91. The van der Waals surface area contributed by atoms with Gasteiger partial charge in [0, 0.05) is 22.9 Å². The van der Waals surface area contributed by atoms with Gasteiger partial charge in [0.1, 0.15) is 0 Å². The number of nitrogens with one attached hydrogen (secondary N) is 1. The second-order valence-electron chi connectivity index (χ2n) is 3.61. The van der Waals surface area contributed by atoms with Crippen LogP contribution in [0.4, 0.5) is 11.4 Å². The van der Waals surface area contributed by atoms with E-state index in [0.717, 1.165) is 22.9 Å². The predicted molar refractivity (Wildman–Crippen MR) is 69.6 cm³/mol. The van der Waals surface area contributed by atoms with Gasteiger partial charge in [-0.3, -0.25) is 0 Å². The molecular weight excluding hydrogens is 220 g/mol. The van der Waals surface area contributed by atoms with Crippen molar-refractivity contribution in [2.24, 2.45) is 0 Å². The van der Waals surface area contributed by atoms with Crippen molar-refractivity contribution in [1.82, 2.24) is 0 Å². The van der Waals surface area contributed by atoms with Gasteiger partial charge in [-0.1, -0.05) is 29.8 Å². The Morgan fingerprint density at radius 1 is 1.06 bits per heavy atom. The van der Waals surface area contributed by atoms with Crippen LogP contribution in [0.1, 0.15) is 5.56 Å². The van der Waals surface area contributed by atoms with Crippen molar-refractivity contribution in [2.75, 3.05) is 11.1 Å². The zero-order valence-electron chi connectivity index (χ0n) is 8.78. The monoisotopic (exact) mass is 232 g/mol. The van der Waals surface area contributed by atoms with Gasteiger partial charge in [-0.15, -0.1) is 0 Å². The van der Waals surface area contributed by atoms with Crippen LogP contribution >= 0.6 is 11.6 Å². The van der Waals surface area contributed by atoms with Crippen molar-refractivity contribution < 1.29 is 0 Å². The van der Waals surface area contributed by atoms with Crippen LogP contribution in [0.15, 0.2) is 48.5 Å². The summed E-state index contributed by atoms with van der Waals surface area (Å²) in [5, 5.41) is 4.03. The molecule has 0 atom stereocenters. The molecule has 0 bridgehead atoms. The lowest BCUT2D eigenvalue weighted by atomic mass is 10.2. The third-order valence-corrected chi connectivity index (χ3v) is 2.54. The topological polar surface area (TPSA) is 38.0 Å². The van der Waals surface area contributed by atoms with Crippen LogP contribution in [-0.2, 0) is 6.54 Å². The lowest BCUT2D eigenvalue weighted by Gasteiger charge is -2.06. The summed E-state index contributed by atoms with van der Waals surface area (Å²) in [4.78, 5) is 0. The molecule has 0 aromatic heterocycles. The molecule has 2 rings (SSSR count). The van der Waals surface area contributed by atoms with Crippen molar-refractivity contribution >= 4 is 23.0 Å². The average Bonchev–Trinajstić information content (AvgIpc) is 2.28. The number of hydrogen-bond acceptors (Lipinski definition) is 2. The Kier molecular flexibility index (Phi) is 3.32. The summed E-state index contributed by atoms with van der Waals surface area (Å²) in [6.07, 6.45) is 0. The number of benzene rings is 2. The molecule has 0 aliphatic carbocycles. The Hall–Kier alpha value is -1.67. The van der Waals surface area contributed by atoms with Gasteiger partial charge in [-0.05, 0) is 35.9 Å². The fraction of sp³-hybridized carbons (Fsp3) is 0.0769. The number of halogens is 1. The second kappa shape index (κ2) is 4.90. The maximum atomic E-state index is 5.89. The molecule has 0 unspecified atom stereocenters. The lowest BCUT2D eigenvalue weighted by Crippen LogP contribution is -1.99. The Balaban J connectivity index is 1.99. The second-order valence-corrected chi connectivity index (χ2v) is 4.04. The molecule has 82 valence electrons. The summed E-state index contributed by atoms with van der Waals surface area (Å²) in [5.74, 6) is 0. The minimum atomic E-state index is 0.738. The van der Waals surface area contributed by atoms with Crippen molar-refractivity contribution in [1.29, 1.82) is 0 Å². The zero-order chi connectivity index (χ0) is 11.4. The number of nitrogens with two attached hydrogens (primary N) is 1. The normalized spacial score (nSPS) is 10.1. The Labute approximate surface area is 100 Å². The maximum absolute atomic E-state index is 5.89. The van der Waals surface area contributed by atoms with Gasteiger partial charge in [-0.25, -0.2) is 0 Å². The van der Waals surface area contributed by atoms with E-state index in [1.807, 2.05) is 48.5 Å². The van der Waals surface area contributed by atoms with Gasteiger partial charge < -0.3 is 11.1 Å². The van der Waals surface area contributed by atoms with Crippen LogP contribution in [0, 0.1) is 0 Å². The van der Waals surface area contributed by atoms with Gasteiger partial charge in [0.05, 0.1) is 0 Å². The number of anilines is 2. The highest BCUT2D eigenvalue weighted by Gasteiger charge is 1.95. The highest BCUT2D eigenvalue weighted by molar-refractivity contribution is 6.30. The first-order valence-electron chi connectivity index (χ1n) is 5.08. The molecule has 2 aromatic rings. The summed E-state index contributed by atoms with van der Waals surface area (Å²) in [6.45, 7) is 0.765. The Morgan fingerprint density at radius 3 is 2.50 bits per heavy atom.